The molecular weight excluding hydrogens is 396 g/mol. The van der Waals surface area contributed by atoms with E-state index in [1.165, 1.54) is 12.7 Å². The molecule has 2 aliphatic rings. The normalized spacial score (nSPS) is 18.9. The topological polar surface area (TPSA) is 87.5 Å². The van der Waals surface area contributed by atoms with Gasteiger partial charge in [-0.2, -0.15) is 10.1 Å². The van der Waals surface area contributed by atoms with Crippen LogP contribution in [0.25, 0.3) is 0 Å². The molecule has 8 heteroatoms. The molecule has 0 amide bonds. The van der Waals surface area contributed by atoms with E-state index in [1.54, 1.807) is 11.8 Å². The summed E-state index contributed by atoms with van der Waals surface area (Å²) in [5.74, 6) is 1.56. The van der Waals surface area contributed by atoms with Crippen LogP contribution in [-0.2, 0) is 9.53 Å². The minimum atomic E-state index is -0.469. The monoisotopic (exact) mass is 426 g/mol. The van der Waals surface area contributed by atoms with E-state index in [0.29, 0.717) is 29.6 Å². The number of esters is 1. The minimum absolute atomic E-state index is 0.0290. The predicted molar refractivity (Wildman–Crippen MR) is 116 cm³/mol. The zero-order valence-corrected chi connectivity index (χ0v) is 18.4. The van der Waals surface area contributed by atoms with Gasteiger partial charge in [0.15, 0.2) is 11.5 Å². The average molecular weight is 427 g/mol. The highest BCUT2D eigenvalue weighted by molar-refractivity contribution is 5.92. The first kappa shape index (κ1) is 21.2. The fourth-order valence-corrected chi connectivity index (χ4v) is 4.25. The van der Waals surface area contributed by atoms with Crippen molar-refractivity contribution in [3.63, 3.8) is 0 Å². The van der Waals surface area contributed by atoms with Gasteiger partial charge in [-0.3, -0.25) is 0 Å². The first-order chi connectivity index (χ1) is 15.1. The third-order valence-corrected chi connectivity index (χ3v) is 5.81. The molecule has 1 unspecified atom stereocenters. The Morgan fingerprint density at radius 3 is 2.77 bits per heavy atom. The van der Waals surface area contributed by atoms with Gasteiger partial charge >= 0.3 is 5.97 Å². The second kappa shape index (κ2) is 9.41. The van der Waals surface area contributed by atoms with Gasteiger partial charge in [-0.15, -0.1) is 0 Å². The molecule has 1 aliphatic carbocycles. The van der Waals surface area contributed by atoms with Crippen molar-refractivity contribution in [3.8, 4) is 11.5 Å². The van der Waals surface area contributed by atoms with Crippen LogP contribution in [0.15, 0.2) is 35.8 Å². The van der Waals surface area contributed by atoms with Crippen LogP contribution >= 0.6 is 0 Å². The number of rotatable bonds is 7. The number of ether oxygens (including phenoxy) is 3. The number of hydrogen-bond acceptors (Lipinski definition) is 7. The zero-order chi connectivity index (χ0) is 21.8. The summed E-state index contributed by atoms with van der Waals surface area (Å²) < 4.78 is 19.0. The third kappa shape index (κ3) is 4.38. The average Bonchev–Trinajstić information content (AvgIpc) is 3.25. The third-order valence-electron chi connectivity index (χ3n) is 5.81. The Labute approximate surface area is 182 Å². The van der Waals surface area contributed by atoms with Crippen LogP contribution in [0.2, 0.25) is 0 Å². The molecule has 2 aromatic rings. The van der Waals surface area contributed by atoms with Crippen LogP contribution in [0.3, 0.4) is 0 Å². The lowest BCUT2D eigenvalue weighted by Crippen LogP contribution is -2.32. The summed E-state index contributed by atoms with van der Waals surface area (Å²) in [5, 5.41) is 7.57. The minimum Gasteiger partial charge on any atom is -0.493 e. The van der Waals surface area contributed by atoms with E-state index < -0.39 is 6.04 Å². The lowest BCUT2D eigenvalue weighted by molar-refractivity contribution is -0.146. The summed E-state index contributed by atoms with van der Waals surface area (Å²) in [4.78, 5) is 17.6. The van der Waals surface area contributed by atoms with Gasteiger partial charge in [0.1, 0.15) is 18.5 Å². The number of carbonyl (C=O) groups excluding carboxylic acids is 1. The van der Waals surface area contributed by atoms with Crippen LogP contribution < -0.4 is 14.8 Å². The Bertz CT molecular complexity index is 962. The second-order valence-corrected chi connectivity index (χ2v) is 8.02. The molecule has 0 spiro atoms. The van der Waals surface area contributed by atoms with Gasteiger partial charge in [0, 0.05) is 5.70 Å². The van der Waals surface area contributed by atoms with Gasteiger partial charge in [-0.05, 0) is 56.7 Å². The molecule has 166 valence electrons. The lowest BCUT2D eigenvalue weighted by atomic mass is 9.94. The van der Waals surface area contributed by atoms with Crippen molar-refractivity contribution in [2.75, 3.05) is 19.0 Å². The highest BCUT2D eigenvalue weighted by Gasteiger charge is 2.36. The molecule has 1 aliphatic heterocycles. The van der Waals surface area contributed by atoms with E-state index in [-0.39, 0.29) is 12.1 Å². The van der Waals surface area contributed by atoms with Gasteiger partial charge in [0.2, 0.25) is 5.95 Å². The Balaban J connectivity index is 1.69. The fourth-order valence-electron chi connectivity index (χ4n) is 4.25. The molecule has 1 atom stereocenters. The summed E-state index contributed by atoms with van der Waals surface area (Å²) >= 11 is 0. The number of nitrogens with one attached hydrogen (secondary N) is 1. The number of nitrogens with zero attached hydrogens (tertiary/aromatic N) is 3. The molecule has 4 rings (SSSR count). The second-order valence-electron chi connectivity index (χ2n) is 8.02. The fraction of sp³-hybridized carbons (Fsp3) is 0.522. The van der Waals surface area contributed by atoms with E-state index in [0.717, 1.165) is 43.4 Å². The first-order valence-electron chi connectivity index (χ1n) is 11.0. The quantitative estimate of drug-likeness (QED) is 0.663. The molecule has 31 heavy (non-hydrogen) atoms. The number of hydrogen-bond donors (Lipinski definition) is 1. The summed E-state index contributed by atoms with van der Waals surface area (Å²) in [5.41, 5.74) is 2.10. The Kier molecular flexibility index (Phi) is 6.44. The van der Waals surface area contributed by atoms with Crippen molar-refractivity contribution in [2.45, 2.75) is 64.5 Å². The number of carbonyl (C=O) groups is 1. The maximum Gasteiger partial charge on any atom is 0.338 e. The molecule has 0 bridgehead atoms. The predicted octanol–water partition coefficient (Wildman–Crippen LogP) is 4.24. The molecule has 1 fully saturated rings. The largest absolute Gasteiger partial charge is 0.493 e. The van der Waals surface area contributed by atoms with Crippen LogP contribution in [0, 0.1) is 0 Å². The summed E-state index contributed by atoms with van der Waals surface area (Å²) in [6, 6.07) is 5.25. The molecule has 1 aromatic heterocycles. The molecule has 8 nitrogen and oxygen atoms in total. The standard InChI is InChI=1S/C23H30N4O4/c1-4-12-30-18-11-10-16(13-19(18)29-3)21-20(15(2)26-23-24-14-25-27(21)23)22(28)31-17-8-6-5-7-9-17/h10-11,13-14,17,21H,4-9,12H2,1-3H3,(H,24,25,26). The van der Waals surface area contributed by atoms with Crippen molar-refractivity contribution in [1.82, 2.24) is 14.8 Å². The summed E-state index contributed by atoms with van der Waals surface area (Å²) in [7, 11) is 1.61. The number of benzene rings is 1. The van der Waals surface area contributed by atoms with Crippen LogP contribution in [0.1, 0.15) is 64.0 Å². The van der Waals surface area contributed by atoms with E-state index in [4.69, 9.17) is 14.2 Å². The van der Waals surface area contributed by atoms with E-state index in [1.807, 2.05) is 25.1 Å². The van der Waals surface area contributed by atoms with E-state index in [9.17, 15) is 4.79 Å². The van der Waals surface area contributed by atoms with Gasteiger partial charge in [0.05, 0.1) is 19.3 Å². The smallest absolute Gasteiger partial charge is 0.338 e. The molecule has 1 N–H and O–H groups in total. The van der Waals surface area contributed by atoms with E-state index in [2.05, 4.69) is 22.3 Å². The van der Waals surface area contributed by atoms with E-state index >= 15 is 0 Å². The Hall–Kier alpha value is -3.03. The molecular formula is C23H30N4O4. The van der Waals surface area contributed by atoms with Crippen molar-refractivity contribution < 1.29 is 19.0 Å². The van der Waals surface area contributed by atoms with Crippen LogP contribution in [-0.4, -0.2) is 40.6 Å². The lowest BCUT2D eigenvalue weighted by Gasteiger charge is -2.30. The van der Waals surface area contributed by atoms with Crippen molar-refractivity contribution in [1.29, 1.82) is 0 Å². The zero-order valence-electron chi connectivity index (χ0n) is 18.4. The summed E-state index contributed by atoms with van der Waals surface area (Å²) in [6.07, 6.45) is 7.59. The summed E-state index contributed by atoms with van der Waals surface area (Å²) in [6.45, 7) is 4.53. The molecule has 2 heterocycles. The first-order valence-corrected chi connectivity index (χ1v) is 11.0. The number of allylic oxidation sites excluding steroid dienone is 1. The maximum atomic E-state index is 13.3. The number of methoxy groups -OCH3 is 1. The Morgan fingerprint density at radius 1 is 1.23 bits per heavy atom. The molecule has 1 saturated carbocycles. The van der Waals surface area contributed by atoms with Gasteiger partial charge in [-0.1, -0.05) is 19.4 Å². The van der Waals surface area contributed by atoms with Gasteiger partial charge in [0.25, 0.3) is 0 Å². The highest BCUT2D eigenvalue weighted by atomic mass is 16.5. The molecule has 0 saturated heterocycles. The SMILES string of the molecule is CCCOc1ccc(C2C(C(=O)OC3CCCCC3)=C(C)Nc3ncnn32)cc1OC. The van der Waals surface area contributed by atoms with Crippen LogP contribution in [0.5, 0.6) is 11.5 Å². The maximum absolute atomic E-state index is 13.3. The number of aromatic nitrogens is 3. The molecule has 1 aromatic carbocycles. The number of fused-ring (bicyclic) bond motifs is 1. The van der Waals surface area contributed by atoms with Crippen molar-refractivity contribution >= 4 is 11.9 Å². The highest BCUT2D eigenvalue weighted by Crippen LogP contribution is 2.39. The Morgan fingerprint density at radius 2 is 2.03 bits per heavy atom. The van der Waals surface area contributed by atoms with Gasteiger partial charge < -0.3 is 19.5 Å². The van der Waals surface area contributed by atoms with Crippen LogP contribution in [0.4, 0.5) is 5.95 Å². The molecule has 0 radical (unpaired) electrons. The van der Waals surface area contributed by atoms with Crippen molar-refractivity contribution in [2.24, 2.45) is 0 Å². The van der Waals surface area contributed by atoms with Crippen molar-refractivity contribution in [3.05, 3.63) is 41.4 Å². The number of anilines is 1. The van der Waals surface area contributed by atoms with Gasteiger partial charge in [-0.25, -0.2) is 9.48 Å².